The maximum atomic E-state index is 13.3. The third-order valence-electron chi connectivity index (χ3n) is 2.25. The summed E-state index contributed by atoms with van der Waals surface area (Å²) in [6.07, 6.45) is -0.107. The van der Waals surface area contributed by atoms with E-state index in [1.165, 1.54) is 6.07 Å². The van der Waals surface area contributed by atoms with Crippen molar-refractivity contribution in [2.45, 2.75) is 20.0 Å². The van der Waals surface area contributed by atoms with Crippen LogP contribution in [-0.4, -0.2) is 17.7 Å². The van der Waals surface area contributed by atoms with Crippen LogP contribution in [0.25, 0.3) is 0 Å². The lowest BCUT2D eigenvalue weighted by Crippen LogP contribution is -2.10. The molecule has 1 rings (SSSR count). The van der Waals surface area contributed by atoms with Gasteiger partial charge in [-0.3, -0.25) is 4.79 Å². The van der Waals surface area contributed by atoms with Gasteiger partial charge in [0.1, 0.15) is 5.82 Å². The number of ether oxygens (including phenoxy) is 1. The van der Waals surface area contributed by atoms with E-state index < -0.39 is 18.4 Å². The molecule has 0 heterocycles. The van der Waals surface area contributed by atoms with E-state index in [2.05, 4.69) is 0 Å². The van der Waals surface area contributed by atoms with Crippen molar-refractivity contribution in [1.29, 1.82) is 5.26 Å². The van der Waals surface area contributed by atoms with Gasteiger partial charge in [0.2, 0.25) is 0 Å². The van der Waals surface area contributed by atoms with Crippen molar-refractivity contribution >= 4 is 5.97 Å². The van der Waals surface area contributed by atoms with Crippen LogP contribution in [0, 0.1) is 17.1 Å². The number of carbonyl (C=O) groups excluding carboxylic acids is 1. The van der Waals surface area contributed by atoms with Crippen LogP contribution in [0.2, 0.25) is 0 Å². The Morgan fingerprint density at radius 3 is 2.82 bits per heavy atom. The van der Waals surface area contributed by atoms with Crippen LogP contribution in [0.1, 0.15) is 23.6 Å². The largest absolute Gasteiger partial charge is 0.466 e. The first-order valence-corrected chi connectivity index (χ1v) is 5.10. The number of nitriles is 1. The van der Waals surface area contributed by atoms with Gasteiger partial charge in [-0.2, -0.15) is 5.26 Å². The van der Waals surface area contributed by atoms with Crippen LogP contribution in [0.15, 0.2) is 12.1 Å². The number of rotatable bonds is 4. The maximum absolute atomic E-state index is 13.3. The number of benzene rings is 1. The molecule has 0 unspecified atom stereocenters. The van der Waals surface area contributed by atoms with E-state index in [4.69, 9.17) is 15.1 Å². The van der Waals surface area contributed by atoms with Crippen LogP contribution >= 0.6 is 0 Å². The fourth-order valence-electron chi connectivity index (χ4n) is 1.48. The first-order valence-electron chi connectivity index (χ1n) is 5.10. The van der Waals surface area contributed by atoms with Crippen molar-refractivity contribution in [1.82, 2.24) is 0 Å². The second kappa shape index (κ2) is 5.97. The Bertz CT molecular complexity index is 466. The second-order valence-electron chi connectivity index (χ2n) is 3.31. The molecule has 1 aromatic carbocycles. The van der Waals surface area contributed by atoms with E-state index in [1.54, 1.807) is 13.0 Å². The van der Waals surface area contributed by atoms with Crippen LogP contribution in [0.3, 0.4) is 0 Å². The minimum absolute atomic E-state index is 0.000512. The third-order valence-corrected chi connectivity index (χ3v) is 2.25. The van der Waals surface area contributed by atoms with Gasteiger partial charge in [-0.05, 0) is 18.6 Å². The summed E-state index contributed by atoms with van der Waals surface area (Å²) in [5.74, 6) is -1.14. The lowest BCUT2D eigenvalue weighted by atomic mass is 9.99. The number of hydrogen-bond acceptors (Lipinski definition) is 4. The molecule has 0 bridgehead atoms. The molecule has 0 amide bonds. The lowest BCUT2D eigenvalue weighted by Gasteiger charge is -2.08. The molecule has 0 aliphatic heterocycles. The standard InChI is InChI=1S/C12H12FNO3/c1-2-17-12(16)5-8-3-4-11(13)10(7-15)9(8)6-14/h3-4,15H,2,5,7H2,1H3. The molecule has 0 saturated heterocycles. The minimum atomic E-state index is -0.656. The number of carbonyl (C=O) groups is 1. The Morgan fingerprint density at radius 2 is 2.29 bits per heavy atom. The van der Waals surface area contributed by atoms with Gasteiger partial charge in [-0.15, -0.1) is 0 Å². The predicted molar refractivity (Wildman–Crippen MR) is 57.4 cm³/mol. The van der Waals surface area contributed by atoms with Crippen LogP contribution in [0.4, 0.5) is 4.39 Å². The van der Waals surface area contributed by atoms with Crippen molar-refractivity contribution < 1.29 is 19.0 Å². The molecule has 0 atom stereocenters. The van der Waals surface area contributed by atoms with Gasteiger partial charge in [-0.1, -0.05) is 6.07 Å². The average Bonchev–Trinajstić information content (AvgIpc) is 2.31. The highest BCUT2D eigenvalue weighted by molar-refractivity contribution is 5.73. The highest BCUT2D eigenvalue weighted by Crippen LogP contribution is 2.18. The van der Waals surface area contributed by atoms with Crippen LogP contribution < -0.4 is 0 Å². The van der Waals surface area contributed by atoms with Gasteiger partial charge < -0.3 is 9.84 Å². The summed E-state index contributed by atoms with van der Waals surface area (Å²) in [5, 5.41) is 17.9. The topological polar surface area (TPSA) is 70.3 Å². The first kappa shape index (κ1) is 13.1. The number of aliphatic hydroxyl groups is 1. The molecule has 0 aliphatic rings. The zero-order valence-electron chi connectivity index (χ0n) is 9.36. The molecule has 1 N–H and O–H groups in total. The summed E-state index contributed by atoms with van der Waals surface area (Å²) in [4.78, 5) is 11.3. The third kappa shape index (κ3) is 3.02. The highest BCUT2D eigenvalue weighted by atomic mass is 19.1. The zero-order chi connectivity index (χ0) is 12.8. The monoisotopic (exact) mass is 237 g/mol. The number of esters is 1. The summed E-state index contributed by atoms with van der Waals surface area (Å²) < 4.78 is 18.0. The number of halogens is 1. The van der Waals surface area contributed by atoms with E-state index >= 15 is 0 Å². The first-order chi connectivity index (χ1) is 8.13. The van der Waals surface area contributed by atoms with Gasteiger partial charge in [0.05, 0.1) is 31.3 Å². The summed E-state index contributed by atoms with van der Waals surface area (Å²) in [6.45, 7) is 1.34. The molecule has 0 fully saturated rings. The number of aliphatic hydroxyl groups excluding tert-OH is 1. The number of nitrogens with zero attached hydrogens (tertiary/aromatic N) is 1. The minimum Gasteiger partial charge on any atom is -0.466 e. The highest BCUT2D eigenvalue weighted by Gasteiger charge is 2.15. The fraction of sp³-hybridized carbons (Fsp3) is 0.333. The van der Waals surface area contributed by atoms with Crippen molar-refractivity contribution in [3.05, 3.63) is 34.6 Å². The summed E-state index contributed by atoms with van der Waals surface area (Å²) in [6, 6.07) is 4.27. The molecule has 0 aliphatic carbocycles. The smallest absolute Gasteiger partial charge is 0.310 e. The average molecular weight is 237 g/mol. The van der Waals surface area contributed by atoms with Gasteiger partial charge in [0.25, 0.3) is 0 Å². The van der Waals surface area contributed by atoms with Gasteiger partial charge in [-0.25, -0.2) is 4.39 Å². The molecular weight excluding hydrogens is 225 g/mol. The van der Waals surface area contributed by atoms with Crippen LogP contribution in [-0.2, 0) is 22.6 Å². The summed E-state index contributed by atoms with van der Waals surface area (Å²) in [5.41, 5.74) is 0.270. The van der Waals surface area contributed by atoms with Crippen molar-refractivity contribution in [2.75, 3.05) is 6.61 Å². The Labute approximate surface area is 98.2 Å². The van der Waals surface area contributed by atoms with Crippen molar-refractivity contribution in [2.24, 2.45) is 0 Å². The Kier molecular flexibility index (Phi) is 4.61. The molecule has 5 heteroatoms. The normalized spacial score (nSPS) is 9.76. The predicted octanol–water partition coefficient (Wildman–Crippen LogP) is 1.30. The summed E-state index contributed by atoms with van der Waals surface area (Å²) in [7, 11) is 0. The molecular formula is C12H12FNO3. The Balaban J connectivity index is 3.09. The quantitative estimate of drug-likeness (QED) is 0.801. The molecule has 0 radical (unpaired) electrons. The molecule has 17 heavy (non-hydrogen) atoms. The Hall–Kier alpha value is -1.93. The van der Waals surface area contributed by atoms with Gasteiger partial charge in [0, 0.05) is 5.56 Å². The van der Waals surface area contributed by atoms with Gasteiger partial charge in [0.15, 0.2) is 0 Å². The molecule has 1 aromatic rings. The molecule has 0 spiro atoms. The van der Waals surface area contributed by atoms with E-state index in [0.29, 0.717) is 5.56 Å². The van der Waals surface area contributed by atoms with Gasteiger partial charge >= 0.3 is 5.97 Å². The Morgan fingerprint density at radius 1 is 1.59 bits per heavy atom. The fourth-order valence-corrected chi connectivity index (χ4v) is 1.48. The van der Waals surface area contributed by atoms with Crippen molar-refractivity contribution in [3.63, 3.8) is 0 Å². The van der Waals surface area contributed by atoms with E-state index in [-0.39, 0.29) is 24.2 Å². The molecule has 0 aromatic heterocycles. The maximum Gasteiger partial charge on any atom is 0.310 e. The molecule has 90 valence electrons. The molecule has 0 saturated carbocycles. The van der Waals surface area contributed by atoms with Crippen molar-refractivity contribution in [3.8, 4) is 6.07 Å². The molecule has 4 nitrogen and oxygen atoms in total. The lowest BCUT2D eigenvalue weighted by molar-refractivity contribution is -0.142. The SMILES string of the molecule is CCOC(=O)Cc1ccc(F)c(CO)c1C#N. The van der Waals surface area contributed by atoms with E-state index in [1.807, 2.05) is 0 Å². The van der Waals surface area contributed by atoms with E-state index in [0.717, 1.165) is 6.07 Å². The summed E-state index contributed by atoms with van der Waals surface area (Å²) >= 11 is 0. The number of hydrogen-bond donors (Lipinski definition) is 1. The second-order valence-corrected chi connectivity index (χ2v) is 3.31. The zero-order valence-corrected chi connectivity index (χ0v) is 9.36. The van der Waals surface area contributed by atoms with Crippen LogP contribution in [0.5, 0.6) is 0 Å². The van der Waals surface area contributed by atoms with E-state index in [9.17, 15) is 9.18 Å².